The minimum atomic E-state index is 0.902. The Kier molecular flexibility index (Phi) is 9.80. The van der Waals surface area contributed by atoms with Gasteiger partial charge in [-0.2, -0.15) is 0 Å². The number of allylic oxidation sites excluding steroid dienone is 1. The molecule has 1 rings (SSSR count). The van der Waals surface area contributed by atoms with Gasteiger partial charge < -0.3 is 0 Å². The molecule has 0 spiro atoms. The smallest absolute Gasteiger partial charge is 0.0326 e. The van der Waals surface area contributed by atoms with Crippen LogP contribution in [0, 0.1) is 5.92 Å². The van der Waals surface area contributed by atoms with Crippen LogP contribution in [0.25, 0.3) is 0 Å². The highest BCUT2D eigenvalue weighted by Gasteiger charge is 1.97. The Morgan fingerprint density at radius 3 is 1.81 bits per heavy atom. The topological polar surface area (TPSA) is 0 Å². The van der Waals surface area contributed by atoms with E-state index in [-0.39, 0.29) is 0 Å². The summed E-state index contributed by atoms with van der Waals surface area (Å²) in [7, 11) is 0. The van der Waals surface area contributed by atoms with Crippen molar-refractivity contribution in [3.05, 3.63) is 48.6 Å². The minimum Gasteiger partial charge on any atom is -0.100 e. The van der Waals surface area contributed by atoms with E-state index in [1.54, 1.807) is 0 Å². The summed E-state index contributed by atoms with van der Waals surface area (Å²) in [6.45, 7) is 10.6. The van der Waals surface area contributed by atoms with Crippen molar-refractivity contribution in [2.45, 2.75) is 46.5 Å². The first-order valence-corrected chi connectivity index (χ1v) is 6.31. The molecule has 0 aliphatic heterocycles. The second-order valence-corrected chi connectivity index (χ2v) is 4.52. The van der Waals surface area contributed by atoms with Crippen molar-refractivity contribution >= 4 is 0 Å². The van der Waals surface area contributed by atoms with E-state index < -0.39 is 0 Å². The zero-order valence-corrected chi connectivity index (χ0v) is 11.1. The molecule has 1 unspecified atom stereocenters. The number of benzene rings is 1. The molecule has 90 valence electrons. The Bertz CT molecular complexity index is 221. The zero-order chi connectivity index (χ0) is 12.2. The lowest BCUT2D eigenvalue weighted by Gasteiger charge is -2.06. The van der Waals surface area contributed by atoms with Gasteiger partial charge in [0, 0.05) is 0 Å². The van der Waals surface area contributed by atoms with Gasteiger partial charge in [0.1, 0.15) is 0 Å². The largest absolute Gasteiger partial charge is 0.100 e. The highest BCUT2D eigenvalue weighted by Crippen LogP contribution is 2.13. The van der Waals surface area contributed by atoms with Gasteiger partial charge >= 0.3 is 0 Å². The molecule has 0 saturated heterocycles. The van der Waals surface area contributed by atoms with E-state index in [1.165, 1.54) is 31.3 Å². The Labute approximate surface area is 101 Å². The molecular weight excluding hydrogens is 192 g/mol. The van der Waals surface area contributed by atoms with Crippen LogP contribution in [0.2, 0.25) is 0 Å². The molecule has 0 aliphatic carbocycles. The Morgan fingerprint density at radius 2 is 1.50 bits per heavy atom. The van der Waals surface area contributed by atoms with Gasteiger partial charge in [-0.1, -0.05) is 68.7 Å². The van der Waals surface area contributed by atoms with Crippen LogP contribution in [0.4, 0.5) is 0 Å². The third kappa shape index (κ3) is 11.0. The van der Waals surface area contributed by atoms with E-state index >= 15 is 0 Å². The monoisotopic (exact) mass is 218 g/mol. The number of hydrogen-bond donors (Lipinski definition) is 0. The van der Waals surface area contributed by atoms with E-state index in [1.807, 2.05) is 36.4 Å². The van der Waals surface area contributed by atoms with E-state index in [2.05, 4.69) is 27.4 Å². The van der Waals surface area contributed by atoms with Crippen molar-refractivity contribution < 1.29 is 0 Å². The SMILES string of the molecule is C=C(C)CCCC(C)CC.c1ccccc1. The Morgan fingerprint density at radius 1 is 1.06 bits per heavy atom. The summed E-state index contributed by atoms with van der Waals surface area (Å²) in [6, 6.07) is 12.0. The first kappa shape index (κ1) is 15.0. The first-order chi connectivity index (χ1) is 7.66. The molecule has 1 aromatic rings. The average molecular weight is 218 g/mol. The maximum atomic E-state index is 3.88. The fourth-order valence-corrected chi connectivity index (χ4v) is 1.34. The molecule has 0 fully saturated rings. The summed E-state index contributed by atoms with van der Waals surface area (Å²) in [5.41, 5.74) is 1.32. The normalized spacial score (nSPS) is 11.2. The molecule has 1 atom stereocenters. The number of rotatable bonds is 5. The Balaban J connectivity index is 0.000000315. The lowest BCUT2D eigenvalue weighted by Crippen LogP contribution is -1.91. The summed E-state index contributed by atoms with van der Waals surface area (Å²) in [5, 5.41) is 0. The van der Waals surface area contributed by atoms with Crippen molar-refractivity contribution in [3.63, 3.8) is 0 Å². The fourth-order valence-electron chi connectivity index (χ4n) is 1.34. The molecule has 0 bridgehead atoms. The van der Waals surface area contributed by atoms with Gasteiger partial charge in [-0.3, -0.25) is 0 Å². The van der Waals surface area contributed by atoms with Crippen LogP contribution < -0.4 is 0 Å². The van der Waals surface area contributed by atoms with Gasteiger partial charge in [-0.05, 0) is 25.7 Å². The molecule has 0 aromatic heterocycles. The van der Waals surface area contributed by atoms with E-state index in [9.17, 15) is 0 Å². The maximum absolute atomic E-state index is 3.88. The lowest BCUT2D eigenvalue weighted by molar-refractivity contribution is 0.495. The van der Waals surface area contributed by atoms with Crippen molar-refractivity contribution in [2.24, 2.45) is 5.92 Å². The third-order valence-electron chi connectivity index (χ3n) is 2.66. The molecule has 16 heavy (non-hydrogen) atoms. The molecule has 0 nitrogen and oxygen atoms in total. The molecule has 1 aromatic carbocycles. The third-order valence-corrected chi connectivity index (χ3v) is 2.66. The second-order valence-electron chi connectivity index (χ2n) is 4.52. The first-order valence-electron chi connectivity index (χ1n) is 6.31. The van der Waals surface area contributed by atoms with Crippen molar-refractivity contribution in [1.82, 2.24) is 0 Å². The van der Waals surface area contributed by atoms with Crippen LogP contribution >= 0.6 is 0 Å². The summed E-state index contributed by atoms with van der Waals surface area (Å²) < 4.78 is 0. The van der Waals surface area contributed by atoms with Crippen molar-refractivity contribution in [2.75, 3.05) is 0 Å². The minimum absolute atomic E-state index is 0.902. The van der Waals surface area contributed by atoms with Gasteiger partial charge in [0.2, 0.25) is 0 Å². The maximum Gasteiger partial charge on any atom is -0.0326 e. The molecule has 0 radical (unpaired) electrons. The van der Waals surface area contributed by atoms with Gasteiger partial charge in [0.25, 0.3) is 0 Å². The molecular formula is C16H26. The predicted octanol–water partition coefficient (Wildman–Crippen LogP) is 5.47. The van der Waals surface area contributed by atoms with Gasteiger partial charge in [-0.15, -0.1) is 6.58 Å². The Hall–Kier alpha value is -1.04. The summed E-state index contributed by atoms with van der Waals surface area (Å²) in [4.78, 5) is 0. The predicted molar refractivity (Wildman–Crippen MR) is 74.6 cm³/mol. The molecule has 0 N–H and O–H groups in total. The number of hydrogen-bond acceptors (Lipinski definition) is 0. The van der Waals surface area contributed by atoms with Crippen LogP contribution in [-0.2, 0) is 0 Å². The van der Waals surface area contributed by atoms with Crippen LogP contribution in [0.3, 0.4) is 0 Å². The quantitative estimate of drug-likeness (QED) is 0.575. The average Bonchev–Trinajstić information content (AvgIpc) is 2.31. The molecule has 0 aliphatic rings. The van der Waals surface area contributed by atoms with Gasteiger partial charge in [0.15, 0.2) is 0 Å². The standard InChI is InChI=1S/C10H20.C6H6/c1-5-10(4)8-6-7-9(2)3;1-2-4-6-5-3-1/h10H,2,5-8H2,1,3-4H3;1-6H. The van der Waals surface area contributed by atoms with Crippen LogP contribution in [-0.4, -0.2) is 0 Å². The summed E-state index contributed by atoms with van der Waals surface area (Å²) >= 11 is 0. The van der Waals surface area contributed by atoms with Crippen LogP contribution in [0.15, 0.2) is 48.6 Å². The highest BCUT2D eigenvalue weighted by molar-refractivity contribution is 4.99. The molecule has 0 heterocycles. The molecule has 0 amide bonds. The van der Waals surface area contributed by atoms with Crippen molar-refractivity contribution in [3.8, 4) is 0 Å². The van der Waals surface area contributed by atoms with Crippen LogP contribution in [0.1, 0.15) is 46.5 Å². The van der Waals surface area contributed by atoms with E-state index in [0.29, 0.717) is 0 Å². The second kappa shape index (κ2) is 10.5. The van der Waals surface area contributed by atoms with Crippen molar-refractivity contribution in [1.29, 1.82) is 0 Å². The van der Waals surface area contributed by atoms with E-state index in [0.717, 1.165) is 5.92 Å². The van der Waals surface area contributed by atoms with Crippen LogP contribution in [0.5, 0.6) is 0 Å². The highest BCUT2D eigenvalue weighted by atomic mass is 14.0. The van der Waals surface area contributed by atoms with E-state index in [4.69, 9.17) is 0 Å². The lowest BCUT2D eigenvalue weighted by atomic mass is 10.0. The summed E-state index contributed by atoms with van der Waals surface area (Å²) in [6.07, 6.45) is 5.22. The fraction of sp³-hybridized carbons (Fsp3) is 0.500. The molecule has 0 heteroatoms. The zero-order valence-electron chi connectivity index (χ0n) is 11.1. The summed E-state index contributed by atoms with van der Waals surface area (Å²) in [5.74, 6) is 0.902. The van der Waals surface area contributed by atoms with Gasteiger partial charge in [-0.25, -0.2) is 0 Å². The molecule has 0 saturated carbocycles. The van der Waals surface area contributed by atoms with Gasteiger partial charge in [0.05, 0.1) is 0 Å².